The minimum absolute atomic E-state index is 0.0715. The molecule has 0 aliphatic rings. The van der Waals surface area contributed by atoms with Crippen LogP contribution in [0.2, 0.25) is 0 Å². The standard InChI is InChI=1S/C16H23N3O4/c1-10(18-3)5-15(17)19-16(21)12-6-13(20)8-14(7-12)23-11(2)9-22-4/h5-8,11,18,20H,9H2,1-4H3,(H2,17,19,21)/p+1/b10-5-/t11-/m0/s1. The predicted octanol–water partition coefficient (Wildman–Crippen LogP) is -0.183. The van der Waals surface area contributed by atoms with Crippen molar-refractivity contribution in [3.63, 3.8) is 0 Å². The van der Waals surface area contributed by atoms with E-state index in [2.05, 4.69) is 10.6 Å². The van der Waals surface area contributed by atoms with E-state index < -0.39 is 5.91 Å². The number of benzene rings is 1. The number of hydrogen-bond donors (Lipinski definition) is 4. The Morgan fingerprint density at radius 2 is 2.13 bits per heavy atom. The van der Waals surface area contributed by atoms with Crippen LogP contribution in [-0.4, -0.2) is 43.7 Å². The maximum atomic E-state index is 12.2. The van der Waals surface area contributed by atoms with Crippen molar-refractivity contribution in [1.82, 2.24) is 10.6 Å². The summed E-state index contributed by atoms with van der Waals surface area (Å²) in [7, 11) is 3.32. The Kier molecular flexibility index (Phi) is 7.08. The van der Waals surface area contributed by atoms with Crippen molar-refractivity contribution in [2.24, 2.45) is 0 Å². The Bertz CT molecular complexity index is 599. The van der Waals surface area contributed by atoms with Crippen LogP contribution in [0.1, 0.15) is 24.2 Å². The summed E-state index contributed by atoms with van der Waals surface area (Å²) < 4.78 is 10.6. The smallest absolute Gasteiger partial charge is 0.339 e. The molecule has 0 radical (unpaired) electrons. The molecule has 5 N–H and O–H groups in total. The molecule has 1 atom stereocenters. The molecule has 1 amide bonds. The highest BCUT2D eigenvalue weighted by Crippen LogP contribution is 2.22. The quantitative estimate of drug-likeness (QED) is 0.412. The molecular formula is C16H24N3O4+. The van der Waals surface area contributed by atoms with Gasteiger partial charge in [-0.2, -0.15) is 0 Å². The molecule has 0 aliphatic carbocycles. The molecule has 7 heteroatoms. The minimum Gasteiger partial charge on any atom is -0.508 e. The van der Waals surface area contributed by atoms with Gasteiger partial charge < -0.3 is 19.9 Å². The summed E-state index contributed by atoms with van der Waals surface area (Å²) in [6.45, 7) is 4.03. The van der Waals surface area contributed by atoms with Crippen molar-refractivity contribution in [2.45, 2.75) is 20.0 Å². The van der Waals surface area contributed by atoms with Crippen molar-refractivity contribution in [1.29, 1.82) is 0 Å². The number of amides is 1. The van der Waals surface area contributed by atoms with Gasteiger partial charge >= 0.3 is 5.91 Å². The van der Waals surface area contributed by atoms with Gasteiger partial charge in [0.25, 0.3) is 5.84 Å². The SMILES string of the molecule is CN/C(C)=C\C(=[NH2+])NC(=O)c1cc(O)cc(O[C@@H](C)COC)c1. The lowest BCUT2D eigenvalue weighted by Crippen LogP contribution is -2.50. The average Bonchev–Trinajstić information content (AvgIpc) is 2.46. The minimum atomic E-state index is -0.442. The van der Waals surface area contributed by atoms with E-state index in [1.54, 1.807) is 20.2 Å². The molecule has 0 bridgehead atoms. The van der Waals surface area contributed by atoms with E-state index >= 15 is 0 Å². The van der Waals surface area contributed by atoms with E-state index in [1.165, 1.54) is 18.2 Å². The Morgan fingerprint density at radius 3 is 2.74 bits per heavy atom. The maximum absolute atomic E-state index is 12.2. The van der Waals surface area contributed by atoms with E-state index in [-0.39, 0.29) is 23.3 Å². The fourth-order valence-corrected chi connectivity index (χ4v) is 1.83. The second-order valence-corrected chi connectivity index (χ2v) is 5.09. The van der Waals surface area contributed by atoms with Gasteiger partial charge in [-0.3, -0.25) is 5.41 Å². The van der Waals surface area contributed by atoms with Crippen molar-refractivity contribution < 1.29 is 24.8 Å². The van der Waals surface area contributed by atoms with E-state index in [4.69, 9.17) is 14.9 Å². The summed E-state index contributed by atoms with van der Waals surface area (Å²) in [5.41, 5.74) is 1.04. The zero-order valence-corrected chi connectivity index (χ0v) is 13.8. The fraction of sp³-hybridized carbons (Fsp3) is 0.375. The Hall–Kier alpha value is -2.54. The summed E-state index contributed by atoms with van der Waals surface area (Å²) in [6, 6.07) is 4.30. The molecule has 0 saturated carbocycles. The molecular weight excluding hydrogens is 298 g/mol. The number of rotatable bonds is 7. The maximum Gasteiger partial charge on any atom is 0.339 e. The first-order valence-corrected chi connectivity index (χ1v) is 7.15. The van der Waals surface area contributed by atoms with Crippen molar-refractivity contribution in [3.05, 3.63) is 35.5 Å². The van der Waals surface area contributed by atoms with Gasteiger partial charge in [0, 0.05) is 32.0 Å². The third kappa shape index (κ3) is 6.39. The number of phenolic OH excluding ortho intramolecular Hbond substituents is 1. The molecule has 0 aromatic heterocycles. The van der Waals surface area contributed by atoms with Crippen molar-refractivity contribution in [3.8, 4) is 11.5 Å². The van der Waals surface area contributed by atoms with Crippen molar-refractivity contribution in [2.75, 3.05) is 20.8 Å². The van der Waals surface area contributed by atoms with Gasteiger partial charge in [0.15, 0.2) is 0 Å². The number of nitrogens with two attached hydrogens (primary N) is 1. The monoisotopic (exact) mass is 322 g/mol. The van der Waals surface area contributed by atoms with Gasteiger partial charge in [-0.15, -0.1) is 0 Å². The van der Waals surface area contributed by atoms with Gasteiger partial charge in [-0.1, -0.05) is 0 Å². The first-order valence-electron chi connectivity index (χ1n) is 7.15. The van der Waals surface area contributed by atoms with E-state index in [0.29, 0.717) is 12.4 Å². The number of allylic oxidation sites excluding steroid dienone is 1. The molecule has 0 aliphatic heterocycles. The van der Waals surface area contributed by atoms with Crippen LogP contribution in [0.5, 0.6) is 11.5 Å². The van der Waals surface area contributed by atoms with Crippen LogP contribution in [0.15, 0.2) is 30.0 Å². The third-order valence-electron chi connectivity index (χ3n) is 2.92. The molecule has 0 heterocycles. The molecule has 23 heavy (non-hydrogen) atoms. The molecule has 1 aromatic rings. The summed E-state index contributed by atoms with van der Waals surface area (Å²) in [6.07, 6.45) is 1.38. The second-order valence-electron chi connectivity index (χ2n) is 5.09. The van der Waals surface area contributed by atoms with Gasteiger partial charge in [0.2, 0.25) is 0 Å². The first kappa shape index (κ1) is 18.5. The summed E-state index contributed by atoms with van der Waals surface area (Å²) in [5, 5.41) is 20.9. The number of methoxy groups -OCH3 is 1. The lowest BCUT2D eigenvalue weighted by molar-refractivity contribution is -0.115. The number of carbonyl (C=O) groups excluding carboxylic acids is 1. The second kappa shape index (κ2) is 8.79. The fourth-order valence-electron chi connectivity index (χ4n) is 1.83. The van der Waals surface area contributed by atoms with E-state index in [1.807, 2.05) is 13.8 Å². The zero-order chi connectivity index (χ0) is 17.4. The number of hydrogen-bond acceptors (Lipinski definition) is 5. The summed E-state index contributed by atoms with van der Waals surface area (Å²) >= 11 is 0. The molecule has 0 saturated heterocycles. The lowest BCUT2D eigenvalue weighted by Gasteiger charge is -2.14. The number of phenols is 1. The number of amidine groups is 1. The summed E-state index contributed by atoms with van der Waals surface area (Å²) in [4.78, 5) is 12.2. The highest BCUT2D eigenvalue weighted by atomic mass is 16.5. The van der Waals surface area contributed by atoms with Crippen LogP contribution >= 0.6 is 0 Å². The predicted molar refractivity (Wildman–Crippen MR) is 87.3 cm³/mol. The average molecular weight is 322 g/mol. The molecule has 0 fully saturated rings. The Labute approximate surface area is 135 Å². The van der Waals surface area contributed by atoms with Gasteiger partial charge in [-0.25, -0.2) is 10.1 Å². The molecule has 1 aromatic carbocycles. The van der Waals surface area contributed by atoms with Gasteiger partial charge in [-0.05, 0) is 26.0 Å². The van der Waals surface area contributed by atoms with Crippen LogP contribution in [0.4, 0.5) is 0 Å². The van der Waals surface area contributed by atoms with Crippen LogP contribution in [-0.2, 0) is 4.74 Å². The van der Waals surface area contributed by atoms with Crippen LogP contribution < -0.4 is 20.8 Å². The molecule has 7 nitrogen and oxygen atoms in total. The number of carbonyl (C=O) groups is 1. The van der Waals surface area contributed by atoms with E-state index in [0.717, 1.165) is 5.70 Å². The normalized spacial score (nSPS) is 12.4. The molecule has 0 unspecified atom stereocenters. The van der Waals surface area contributed by atoms with Crippen LogP contribution in [0.25, 0.3) is 0 Å². The lowest BCUT2D eigenvalue weighted by atomic mass is 10.2. The highest BCUT2D eigenvalue weighted by Gasteiger charge is 2.16. The van der Waals surface area contributed by atoms with Crippen LogP contribution in [0, 0.1) is 0 Å². The number of ether oxygens (including phenoxy) is 2. The molecule has 126 valence electrons. The van der Waals surface area contributed by atoms with Crippen LogP contribution in [0.3, 0.4) is 0 Å². The molecule has 0 spiro atoms. The van der Waals surface area contributed by atoms with Gasteiger partial charge in [0.05, 0.1) is 12.2 Å². The third-order valence-corrected chi connectivity index (χ3v) is 2.92. The van der Waals surface area contributed by atoms with E-state index in [9.17, 15) is 9.90 Å². The zero-order valence-electron chi connectivity index (χ0n) is 13.8. The highest BCUT2D eigenvalue weighted by molar-refractivity contribution is 6.08. The Balaban J connectivity index is 2.85. The van der Waals surface area contributed by atoms with Crippen molar-refractivity contribution >= 4 is 11.7 Å². The number of aromatic hydroxyl groups is 1. The van der Waals surface area contributed by atoms with Gasteiger partial charge in [0.1, 0.15) is 17.6 Å². The topological polar surface area (TPSA) is 105 Å². The largest absolute Gasteiger partial charge is 0.508 e. The number of nitrogens with one attached hydrogen (secondary N) is 2. The Morgan fingerprint density at radius 1 is 1.43 bits per heavy atom. The first-order chi connectivity index (χ1) is 10.8. The molecule has 1 rings (SSSR count). The summed E-state index contributed by atoms with van der Waals surface area (Å²) in [5.74, 6) is 0.0567.